The summed E-state index contributed by atoms with van der Waals surface area (Å²) in [7, 11) is 0. The Labute approximate surface area is 118 Å². The third-order valence-electron chi connectivity index (χ3n) is 2.87. The highest BCUT2D eigenvalue weighted by molar-refractivity contribution is 7.21. The minimum Gasteiger partial charge on any atom is -0.423 e. The number of hydrogen-bond acceptors (Lipinski definition) is 3. The van der Waals surface area contributed by atoms with E-state index in [0.717, 1.165) is 16.9 Å². The Morgan fingerprint density at radius 3 is 2.45 bits per heavy atom. The molecule has 20 heavy (non-hydrogen) atoms. The lowest BCUT2D eigenvalue weighted by molar-refractivity contribution is -0.0473. The van der Waals surface area contributed by atoms with Crippen LogP contribution in [0.4, 0.5) is 13.2 Å². The van der Waals surface area contributed by atoms with Crippen LogP contribution in [0.2, 0.25) is 0 Å². The van der Waals surface area contributed by atoms with Crippen LogP contribution in [0.15, 0.2) is 12.1 Å². The van der Waals surface area contributed by atoms with E-state index in [1.807, 2.05) is 26.8 Å². The quantitative estimate of drug-likeness (QED) is 0.797. The summed E-state index contributed by atoms with van der Waals surface area (Å²) in [4.78, 5) is 0. The highest BCUT2D eigenvalue weighted by Gasteiger charge is 2.26. The molecule has 0 aliphatic rings. The van der Waals surface area contributed by atoms with E-state index in [4.69, 9.17) is 0 Å². The monoisotopic (exact) mass is 299 g/mol. The van der Waals surface area contributed by atoms with Gasteiger partial charge in [0.1, 0.15) is 17.4 Å². The predicted octanol–water partition coefficient (Wildman–Crippen LogP) is 4.81. The summed E-state index contributed by atoms with van der Waals surface area (Å²) >= 11 is 0.734. The van der Waals surface area contributed by atoms with Crippen LogP contribution >= 0.6 is 11.3 Å². The minimum atomic E-state index is -3.05. The van der Waals surface area contributed by atoms with E-state index in [0.29, 0.717) is 5.39 Å². The Balaban J connectivity index is 2.84. The molecule has 2 rings (SSSR count). The van der Waals surface area contributed by atoms with E-state index in [1.165, 1.54) is 6.07 Å². The van der Waals surface area contributed by atoms with Gasteiger partial charge in [-0.1, -0.05) is 38.2 Å². The fourth-order valence-electron chi connectivity index (χ4n) is 2.04. The lowest BCUT2D eigenvalue weighted by atomic mass is 9.84. The molecule has 1 heterocycles. The van der Waals surface area contributed by atoms with Gasteiger partial charge in [0.15, 0.2) is 5.06 Å². The molecule has 1 aromatic carbocycles. The summed E-state index contributed by atoms with van der Waals surface area (Å²) in [5.41, 5.74) is 0.348. The first-order chi connectivity index (χ1) is 9.25. The molecule has 0 saturated heterocycles. The first-order valence-corrected chi connectivity index (χ1v) is 6.67. The van der Waals surface area contributed by atoms with Crippen LogP contribution in [-0.4, -0.2) is 6.61 Å². The smallest absolute Gasteiger partial charge is 0.388 e. The van der Waals surface area contributed by atoms with Crippen molar-refractivity contribution in [1.82, 2.24) is 0 Å². The summed E-state index contributed by atoms with van der Waals surface area (Å²) in [5.74, 6) is -0.543. The number of benzene rings is 1. The summed E-state index contributed by atoms with van der Waals surface area (Å²) < 4.78 is 43.2. The first-order valence-electron chi connectivity index (χ1n) is 5.86. The maximum absolute atomic E-state index is 13.9. The summed E-state index contributed by atoms with van der Waals surface area (Å²) in [6, 6.07) is 4.71. The van der Waals surface area contributed by atoms with Gasteiger partial charge in [-0.3, -0.25) is 0 Å². The van der Waals surface area contributed by atoms with Gasteiger partial charge in [-0.25, -0.2) is 4.39 Å². The molecule has 2 aromatic rings. The summed E-state index contributed by atoms with van der Waals surface area (Å²) in [6.45, 7) is 2.68. The molecule has 0 aliphatic carbocycles. The molecule has 106 valence electrons. The molecule has 0 N–H and O–H groups in total. The molecule has 0 spiro atoms. The largest absolute Gasteiger partial charge is 0.423 e. The normalized spacial score (nSPS) is 11.9. The van der Waals surface area contributed by atoms with Crippen LogP contribution in [0.5, 0.6) is 5.06 Å². The molecular weight excluding hydrogens is 287 g/mol. The maximum atomic E-state index is 13.9. The highest BCUT2D eigenvalue weighted by atomic mass is 32.1. The highest BCUT2D eigenvalue weighted by Crippen LogP contribution is 2.43. The first kappa shape index (κ1) is 14.7. The van der Waals surface area contributed by atoms with Crippen molar-refractivity contribution in [1.29, 1.82) is 5.26 Å². The standard InChI is InChI=1S/C14H12F3NOS/c1-14(2,3)8-4-5-9(15)11-10(8)7(6-18)12(20-11)19-13(16)17/h4-5,13H,1-3H3. The van der Waals surface area contributed by atoms with Crippen LogP contribution in [0.1, 0.15) is 31.9 Å². The van der Waals surface area contributed by atoms with Crippen LogP contribution in [0, 0.1) is 17.1 Å². The minimum absolute atomic E-state index is 0.0327. The van der Waals surface area contributed by atoms with E-state index in [2.05, 4.69) is 4.74 Å². The number of thiophene rings is 1. The number of hydrogen-bond donors (Lipinski definition) is 0. The predicted molar refractivity (Wildman–Crippen MR) is 71.8 cm³/mol. The molecule has 0 saturated carbocycles. The van der Waals surface area contributed by atoms with E-state index < -0.39 is 12.4 Å². The third-order valence-corrected chi connectivity index (χ3v) is 3.96. The molecule has 6 heteroatoms. The van der Waals surface area contributed by atoms with E-state index in [9.17, 15) is 18.4 Å². The number of nitriles is 1. The van der Waals surface area contributed by atoms with Crippen molar-refractivity contribution in [2.75, 3.05) is 0 Å². The number of fused-ring (bicyclic) bond motifs is 1. The van der Waals surface area contributed by atoms with Gasteiger partial charge < -0.3 is 4.74 Å². The molecule has 1 aromatic heterocycles. The maximum Gasteiger partial charge on any atom is 0.388 e. The zero-order chi connectivity index (χ0) is 15.1. The zero-order valence-electron chi connectivity index (χ0n) is 11.1. The molecular formula is C14H12F3NOS. The Bertz CT molecular complexity index is 695. The second-order valence-corrected chi connectivity index (χ2v) is 6.29. The molecule has 0 fully saturated rings. The SMILES string of the molecule is CC(C)(C)c1ccc(F)c2sc(OC(F)F)c(C#N)c12. The summed E-state index contributed by atoms with van der Waals surface area (Å²) in [6.07, 6.45) is 0. The van der Waals surface area contributed by atoms with Crippen molar-refractivity contribution >= 4 is 21.4 Å². The number of rotatable bonds is 2. The van der Waals surface area contributed by atoms with Crippen LogP contribution < -0.4 is 4.74 Å². The van der Waals surface area contributed by atoms with E-state index in [1.54, 1.807) is 6.07 Å². The van der Waals surface area contributed by atoms with Gasteiger partial charge in [-0.15, -0.1) is 0 Å². The number of halogens is 3. The Morgan fingerprint density at radius 1 is 1.30 bits per heavy atom. The molecule has 0 radical (unpaired) electrons. The molecule has 0 bridgehead atoms. The number of alkyl halides is 2. The van der Waals surface area contributed by atoms with Crippen LogP contribution in [0.25, 0.3) is 10.1 Å². The average molecular weight is 299 g/mol. The lowest BCUT2D eigenvalue weighted by Gasteiger charge is -2.20. The van der Waals surface area contributed by atoms with Crippen molar-refractivity contribution in [2.24, 2.45) is 0 Å². The molecule has 0 atom stereocenters. The Kier molecular flexibility index (Phi) is 3.65. The van der Waals surface area contributed by atoms with Gasteiger partial charge in [0, 0.05) is 5.39 Å². The molecule has 0 amide bonds. The van der Waals surface area contributed by atoms with Gasteiger partial charge in [0.05, 0.1) is 4.70 Å². The topological polar surface area (TPSA) is 33.0 Å². The van der Waals surface area contributed by atoms with Crippen molar-refractivity contribution in [2.45, 2.75) is 32.8 Å². The fourth-order valence-corrected chi connectivity index (χ4v) is 3.08. The van der Waals surface area contributed by atoms with E-state index >= 15 is 0 Å². The average Bonchev–Trinajstić information content (AvgIpc) is 2.65. The Morgan fingerprint density at radius 2 is 1.95 bits per heavy atom. The van der Waals surface area contributed by atoms with Crippen molar-refractivity contribution in [3.05, 3.63) is 29.1 Å². The van der Waals surface area contributed by atoms with Gasteiger partial charge in [-0.05, 0) is 17.0 Å². The molecule has 2 nitrogen and oxygen atoms in total. The van der Waals surface area contributed by atoms with Crippen LogP contribution in [-0.2, 0) is 5.41 Å². The van der Waals surface area contributed by atoms with Gasteiger partial charge in [0.2, 0.25) is 0 Å². The second kappa shape index (κ2) is 4.98. The lowest BCUT2D eigenvalue weighted by Crippen LogP contribution is -2.12. The molecule has 0 unspecified atom stereocenters. The van der Waals surface area contributed by atoms with Crippen LogP contribution in [0.3, 0.4) is 0 Å². The summed E-state index contributed by atoms with van der Waals surface area (Å²) in [5, 5.41) is 9.33. The zero-order valence-corrected chi connectivity index (χ0v) is 11.9. The number of nitrogens with zero attached hydrogens (tertiary/aromatic N) is 1. The van der Waals surface area contributed by atoms with Gasteiger partial charge in [-0.2, -0.15) is 14.0 Å². The van der Waals surface area contributed by atoms with Crippen molar-refractivity contribution in [3.63, 3.8) is 0 Å². The van der Waals surface area contributed by atoms with Crippen molar-refractivity contribution < 1.29 is 17.9 Å². The van der Waals surface area contributed by atoms with Crippen molar-refractivity contribution in [3.8, 4) is 11.1 Å². The van der Waals surface area contributed by atoms with Gasteiger partial charge >= 0.3 is 6.61 Å². The fraction of sp³-hybridized carbons (Fsp3) is 0.357. The number of ether oxygens (including phenoxy) is 1. The molecule has 0 aliphatic heterocycles. The van der Waals surface area contributed by atoms with Gasteiger partial charge in [0.25, 0.3) is 0 Å². The second-order valence-electron chi connectivity index (χ2n) is 5.30. The van der Waals surface area contributed by atoms with E-state index in [-0.39, 0.29) is 20.7 Å². The third kappa shape index (κ3) is 2.46. The Hall–Kier alpha value is -1.74.